The zero-order valence-corrected chi connectivity index (χ0v) is 36.3. The molecule has 3 heteroatoms. The second-order valence-corrected chi connectivity index (χ2v) is 16.2. The van der Waals surface area contributed by atoms with Gasteiger partial charge in [0, 0.05) is 52.0 Å². The molecule has 312 valence electrons. The molecule has 0 aliphatic heterocycles. The van der Waals surface area contributed by atoms with Crippen molar-refractivity contribution in [2.24, 2.45) is 0 Å². The lowest BCUT2D eigenvalue weighted by atomic mass is 10.0. The summed E-state index contributed by atoms with van der Waals surface area (Å²) >= 11 is 0. The predicted octanol–water partition coefficient (Wildman–Crippen LogP) is 16.4. The minimum atomic E-state index is 0.953. The Bertz CT molecular complexity index is 2880. The molecule has 10 rings (SSSR count). The molecule has 0 bridgehead atoms. The van der Waals surface area contributed by atoms with Gasteiger partial charge in [-0.05, 0) is 86.5 Å². The fourth-order valence-corrected chi connectivity index (χ4v) is 7.96. The van der Waals surface area contributed by atoms with Crippen molar-refractivity contribution in [2.45, 2.75) is 0 Å². The lowest BCUT2D eigenvalue weighted by molar-refractivity contribution is 1.32. The molecule has 3 nitrogen and oxygen atoms in total. The molecule has 0 aliphatic carbocycles. The van der Waals surface area contributed by atoms with Gasteiger partial charge in [-0.3, -0.25) is 15.0 Å². The third kappa shape index (κ3) is 10.2. The van der Waals surface area contributed by atoms with Crippen molar-refractivity contribution in [2.75, 3.05) is 0 Å². The Morgan fingerprint density at radius 1 is 0.197 bits per heavy atom. The van der Waals surface area contributed by atoms with Crippen LogP contribution in [0.1, 0.15) is 33.4 Å². The molecule has 0 N–H and O–H groups in total. The van der Waals surface area contributed by atoms with Crippen molar-refractivity contribution < 1.29 is 0 Å². The fourth-order valence-electron chi connectivity index (χ4n) is 7.96. The van der Waals surface area contributed by atoms with E-state index in [2.05, 4.69) is 237 Å². The SMILES string of the molecule is C(=C\c1cc(/C=C/c2ccc(-c3ccc(-c4ccccc4)cn3)cc2)cc(/C=C/c2ccc(-c3ccc(-c4ccccc4)cn3)cc2)c1)/c1ccc(-c2ccc(-c3ccccc3)cn2)cc1. The number of pyridine rings is 3. The fraction of sp³-hybridized carbons (Fsp3) is 0. The van der Waals surface area contributed by atoms with E-state index in [9.17, 15) is 0 Å². The molecule has 0 aliphatic rings. The molecule has 3 heterocycles. The number of hydrogen-bond donors (Lipinski definition) is 0. The highest BCUT2D eigenvalue weighted by Crippen LogP contribution is 2.27. The summed E-state index contributed by atoms with van der Waals surface area (Å²) in [5.74, 6) is 0. The third-order valence-corrected chi connectivity index (χ3v) is 11.6. The van der Waals surface area contributed by atoms with Gasteiger partial charge >= 0.3 is 0 Å². The molecular weight excluding hydrogens is 799 g/mol. The van der Waals surface area contributed by atoms with E-state index in [-0.39, 0.29) is 0 Å². The van der Waals surface area contributed by atoms with Crippen LogP contribution >= 0.6 is 0 Å². The maximum Gasteiger partial charge on any atom is 0.0702 e. The topological polar surface area (TPSA) is 38.7 Å². The van der Waals surface area contributed by atoms with Crippen LogP contribution in [0.25, 0.3) is 104 Å². The number of rotatable bonds is 12. The van der Waals surface area contributed by atoms with E-state index in [0.717, 1.165) is 101 Å². The van der Waals surface area contributed by atoms with E-state index in [0.29, 0.717) is 0 Å². The molecule has 0 unspecified atom stereocenters. The van der Waals surface area contributed by atoms with E-state index < -0.39 is 0 Å². The summed E-state index contributed by atoms with van der Waals surface area (Å²) in [6, 6.07) is 76.2. The van der Waals surface area contributed by atoms with Gasteiger partial charge in [0.2, 0.25) is 0 Å². The van der Waals surface area contributed by atoms with Crippen LogP contribution in [-0.2, 0) is 0 Å². The Morgan fingerprint density at radius 2 is 0.439 bits per heavy atom. The zero-order chi connectivity index (χ0) is 44.3. The van der Waals surface area contributed by atoms with Gasteiger partial charge in [-0.25, -0.2) is 0 Å². The van der Waals surface area contributed by atoms with E-state index in [1.54, 1.807) is 0 Å². The average molecular weight is 844 g/mol. The largest absolute Gasteiger partial charge is 0.256 e. The molecule has 10 aromatic rings. The van der Waals surface area contributed by atoms with Crippen molar-refractivity contribution in [1.29, 1.82) is 0 Å². The Kier molecular flexibility index (Phi) is 12.3. The maximum atomic E-state index is 4.77. The van der Waals surface area contributed by atoms with E-state index >= 15 is 0 Å². The Balaban J connectivity index is 0.871. The summed E-state index contributed by atoms with van der Waals surface area (Å²) in [5.41, 5.74) is 19.6. The molecule has 0 saturated carbocycles. The maximum absolute atomic E-state index is 4.77. The standard InChI is InChI=1S/C63H45N3/c1-4-10-52(11-5-1)58-34-37-61(64-43-58)55-28-22-46(23-29-55)16-19-49-40-50(20-17-47-24-30-56(31-25-47)62-38-35-59(44-65-62)53-12-6-2-7-13-53)42-51(41-49)21-18-48-26-32-57(33-27-48)63-39-36-60(45-66-63)54-14-8-3-9-15-54/h1-45H/b19-16+,20-17+,21-18+. The molecule has 0 saturated heterocycles. The van der Waals surface area contributed by atoms with Gasteiger partial charge in [0.05, 0.1) is 17.1 Å². The van der Waals surface area contributed by atoms with Crippen LogP contribution in [0, 0.1) is 0 Å². The van der Waals surface area contributed by atoms with Crippen LogP contribution in [0.2, 0.25) is 0 Å². The quantitative estimate of drug-likeness (QED) is 0.115. The van der Waals surface area contributed by atoms with Crippen molar-refractivity contribution in [3.05, 3.63) is 270 Å². The molecular formula is C63H45N3. The summed E-state index contributed by atoms with van der Waals surface area (Å²) in [5, 5.41) is 0. The molecule has 0 atom stereocenters. The number of benzene rings is 7. The summed E-state index contributed by atoms with van der Waals surface area (Å²) in [4.78, 5) is 14.3. The monoisotopic (exact) mass is 843 g/mol. The third-order valence-electron chi connectivity index (χ3n) is 11.6. The Hall–Kier alpha value is -8.79. The van der Waals surface area contributed by atoms with E-state index in [1.165, 1.54) is 0 Å². The molecule has 7 aromatic carbocycles. The van der Waals surface area contributed by atoms with Crippen LogP contribution < -0.4 is 0 Å². The number of hydrogen-bond acceptors (Lipinski definition) is 3. The first-order chi connectivity index (χ1) is 32.6. The highest BCUT2D eigenvalue weighted by Gasteiger charge is 2.06. The first-order valence-electron chi connectivity index (χ1n) is 22.2. The molecule has 0 spiro atoms. The summed E-state index contributed by atoms with van der Waals surface area (Å²) in [6.45, 7) is 0. The molecule has 0 radical (unpaired) electrons. The van der Waals surface area contributed by atoms with Crippen molar-refractivity contribution in [3.63, 3.8) is 0 Å². The molecule has 66 heavy (non-hydrogen) atoms. The van der Waals surface area contributed by atoms with Crippen molar-refractivity contribution >= 4 is 36.5 Å². The number of nitrogens with zero attached hydrogens (tertiary/aromatic N) is 3. The zero-order valence-electron chi connectivity index (χ0n) is 36.3. The second-order valence-electron chi connectivity index (χ2n) is 16.2. The highest BCUT2D eigenvalue weighted by atomic mass is 14.7. The Labute approximate surface area is 387 Å². The van der Waals surface area contributed by atoms with Gasteiger partial charge in [0.25, 0.3) is 0 Å². The van der Waals surface area contributed by atoms with Crippen molar-refractivity contribution in [1.82, 2.24) is 15.0 Å². The summed E-state index contributed by atoms with van der Waals surface area (Å²) in [6.07, 6.45) is 18.9. The minimum absolute atomic E-state index is 0.953. The second kappa shape index (κ2) is 19.7. The van der Waals surface area contributed by atoms with Crippen LogP contribution in [-0.4, -0.2) is 15.0 Å². The van der Waals surface area contributed by atoms with Crippen LogP contribution in [0.3, 0.4) is 0 Å². The van der Waals surface area contributed by atoms with Gasteiger partial charge in [0.15, 0.2) is 0 Å². The van der Waals surface area contributed by atoms with Crippen molar-refractivity contribution in [3.8, 4) is 67.2 Å². The molecule has 3 aromatic heterocycles. The lowest BCUT2D eigenvalue weighted by Crippen LogP contribution is -1.86. The summed E-state index contributed by atoms with van der Waals surface area (Å²) in [7, 11) is 0. The highest BCUT2D eigenvalue weighted by molar-refractivity contribution is 5.80. The van der Waals surface area contributed by atoms with Crippen LogP contribution in [0.15, 0.2) is 237 Å². The van der Waals surface area contributed by atoms with Gasteiger partial charge in [-0.15, -0.1) is 0 Å². The van der Waals surface area contributed by atoms with Gasteiger partial charge < -0.3 is 0 Å². The normalized spacial score (nSPS) is 11.5. The van der Waals surface area contributed by atoms with Gasteiger partial charge in [0.1, 0.15) is 0 Å². The molecule has 0 fully saturated rings. The summed E-state index contributed by atoms with van der Waals surface area (Å²) < 4.78 is 0. The molecule has 0 amide bonds. The predicted molar refractivity (Wildman–Crippen MR) is 279 cm³/mol. The van der Waals surface area contributed by atoms with E-state index in [1.807, 2.05) is 36.8 Å². The first-order valence-corrected chi connectivity index (χ1v) is 22.2. The van der Waals surface area contributed by atoms with Gasteiger partial charge in [-0.2, -0.15) is 0 Å². The Morgan fingerprint density at radius 3 is 0.682 bits per heavy atom. The van der Waals surface area contributed by atoms with E-state index in [4.69, 9.17) is 15.0 Å². The van der Waals surface area contributed by atoms with Crippen LogP contribution in [0.5, 0.6) is 0 Å². The van der Waals surface area contributed by atoms with Crippen LogP contribution in [0.4, 0.5) is 0 Å². The minimum Gasteiger partial charge on any atom is -0.256 e. The first kappa shape index (κ1) is 41.2. The van der Waals surface area contributed by atoms with Gasteiger partial charge in [-0.1, -0.05) is 218 Å². The number of aromatic nitrogens is 3. The average Bonchev–Trinajstić information content (AvgIpc) is 3.40. The lowest BCUT2D eigenvalue weighted by Gasteiger charge is -2.06. The smallest absolute Gasteiger partial charge is 0.0702 e.